The molecule has 10 heteroatoms. The monoisotopic (exact) mass is 424 g/mol. The van der Waals surface area contributed by atoms with E-state index in [0.717, 1.165) is 22.3 Å². The van der Waals surface area contributed by atoms with Crippen molar-refractivity contribution in [2.24, 2.45) is 0 Å². The first-order chi connectivity index (χ1) is 15.8. The van der Waals surface area contributed by atoms with E-state index in [9.17, 15) is 0 Å². The molecule has 0 aliphatic carbocycles. The minimum atomic E-state index is 0.242. The van der Waals surface area contributed by atoms with E-state index >= 15 is 0 Å². The van der Waals surface area contributed by atoms with Gasteiger partial charge in [-0.05, 0) is 25.1 Å². The molecule has 6 rings (SSSR count). The third-order valence-electron chi connectivity index (χ3n) is 5.00. The first-order valence-corrected chi connectivity index (χ1v) is 9.91. The van der Waals surface area contributed by atoms with Crippen molar-refractivity contribution in [2.45, 2.75) is 13.5 Å². The fraction of sp³-hybridized carbons (Fsp3) is 0.0909. The quantitative estimate of drug-likeness (QED) is 0.414. The third kappa shape index (κ3) is 3.05. The summed E-state index contributed by atoms with van der Waals surface area (Å²) < 4.78 is 14.8. The highest BCUT2D eigenvalue weighted by Crippen LogP contribution is 2.29. The van der Waals surface area contributed by atoms with E-state index in [-0.39, 0.29) is 6.61 Å². The van der Waals surface area contributed by atoms with Gasteiger partial charge in [-0.3, -0.25) is 4.57 Å². The minimum Gasteiger partial charge on any atom is -0.470 e. The highest BCUT2D eigenvalue weighted by Gasteiger charge is 2.18. The maximum atomic E-state index is 6.13. The Morgan fingerprint density at radius 3 is 2.75 bits per heavy atom. The molecule has 1 aromatic carbocycles. The van der Waals surface area contributed by atoms with Gasteiger partial charge in [0.1, 0.15) is 24.5 Å². The highest BCUT2D eigenvalue weighted by molar-refractivity contribution is 5.96. The third-order valence-corrected chi connectivity index (χ3v) is 5.00. The number of pyridine rings is 1. The predicted octanol–water partition coefficient (Wildman–Crippen LogP) is 3.40. The topological polar surface area (TPSA) is 109 Å². The number of rotatable bonds is 5. The van der Waals surface area contributed by atoms with Crippen molar-refractivity contribution < 1.29 is 9.26 Å². The molecule has 0 saturated carbocycles. The van der Waals surface area contributed by atoms with E-state index in [2.05, 4.69) is 30.4 Å². The molecule has 10 nitrogen and oxygen atoms in total. The van der Waals surface area contributed by atoms with Crippen molar-refractivity contribution in [3.05, 3.63) is 78.7 Å². The molecule has 0 spiro atoms. The predicted molar refractivity (Wildman–Crippen MR) is 114 cm³/mol. The van der Waals surface area contributed by atoms with Crippen molar-refractivity contribution in [1.29, 1.82) is 0 Å². The van der Waals surface area contributed by atoms with Crippen LogP contribution in [0.3, 0.4) is 0 Å². The van der Waals surface area contributed by atoms with Gasteiger partial charge in [-0.2, -0.15) is 4.52 Å². The average molecular weight is 424 g/mol. The molecular formula is C22H16N8O2. The minimum absolute atomic E-state index is 0.242. The van der Waals surface area contributed by atoms with Gasteiger partial charge in [0.05, 0.1) is 5.69 Å². The summed E-state index contributed by atoms with van der Waals surface area (Å²) in [7, 11) is 0. The Bertz CT molecular complexity index is 1550. The highest BCUT2D eigenvalue weighted by atomic mass is 16.5. The molecule has 0 atom stereocenters. The fourth-order valence-corrected chi connectivity index (χ4v) is 3.52. The van der Waals surface area contributed by atoms with Crippen LogP contribution in [0.2, 0.25) is 0 Å². The molecule has 0 radical (unpaired) electrons. The Morgan fingerprint density at radius 2 is 1.94 bits per heavy atom. The molecule has 0 amide bonds. The Balaban J connectivity index is 1.41. The smallest absolute Gasteiger partial charge is 0.240 e. The molecule has 5 aromatic heterocycles. The van der Waals surface area contributed by atoms with Crippen LogP contribution in [0.1, 0.15) is 11.5 Å². The number of hydrogen-bond acceptors (Lipinski definition) is 8. The van der Waals surface area contributed by atoms with Crippen LogP contribution in [-0.4, -0.2) is 39.5 Å². The Hall–Kier alpha value is -4.60. The molecule has 0 unspecified atom stereocenters. The Morgan fingerprint density at radius 1 is 1.03 bits per heavy atom. The van der Waals surface area contributed by atoms with Crippen LogP contribution in [0.15, 0.2) is 71.8 Å². The van der Waals surface area contributed by atoms with E-state index < -0.39 is 0 Å². The number of nitrogens with zero attached hydrogens (tertiary/aromatic N) is 8. The maximum absolute atomic E-state index is 6.13. The average Bonchev–Trinajstić information content (AvgIpc) is 3.58. The second kappa shape index (κ2) is 7.27. The molecule has 0 aliphatic rings. The number of imidazole rings is 1. The van der Waals surface area contributed by atoms with Crippen LogP contribution >= 0.6 is 0 Å². The molecule has 156 valence electrons. The molecular weight excluding hydrogens is 408 g/mol. The van der Waals surface area contributed by atoms with E-state index in [4.69, 9.17) is 9.26 Å². The van der Waals surface area contributed by atoms with Gasteiger partial charge in [0.2, 0.25) is 11.7 Å². The summed E-state index contributed by atoms with van der Waals surface area (Å²) in [6, 6.07) is 15.3. The standard InChI is InChI=1S/C22H16N8O2/c1-14-11-18(28-32-14)21-26-25-20-16-6-2-3-7-17(16)22(27-30(20)21)31-12-15-5-4-8-19(24-15)29-10-9-23-13-29/h2-11,13H,12H2,1H3. The molecule has 0 N–H and O–H groups in total. The van der Waals surface area contributed by atoms with E-state index in [1.54, 1.807) is 23.1 Å². The van der Waals surface area contributed by atoms with Gasteiger partial charge in [0.25, 0.3) is 0 Å². The second-order valence-electron chi connectivity index (χ2n) is 7.18. The molecule has 0 bridgehead atoms. The second-order valence-corrected chi connectivity index (χ2v) is 7.18. The summed E-state index contributed by atoms with van der Waals surface area (Å²) in [5.41, 5.74) is 1.93. The Labute approximate surface area is 181 Å². The number of aryl methyl sites for hydroxylation is 1. The van der Waals surface area contributed by atoms with Crippen LogP contribution in [0.5, 0.6) is 5.88 Å². The van der Waals surface area contributed by atoms with E-state index in [1.165, 1.54) is 0 Å². The van der Waals surface area contributed by atoms with Crippen LogP contribution in [0.25, 0.3) is 33.8 Å². The summed E-state index contributed by atoms with van der Waals surface area (Å²) in [5.74, 6) is 2.37. The summed E-state index contributed by atoms with van der Waals surface area (Å²) in [4.78, 5) is 8.72. The zero-order valence-corrected chi connectivity index (χ0v) is 17.0. The number of benzene rings is 1. The van der Waals surface area contributed by atoms with Crippen molar-refractivity contribution in [3.8, 4) is 23.2 Å². The lowest BCUT2D eigenvalue weighted by Crippen LogP contribution is -2.05. The lowest BCUT2D eigenvalue weighted by Gasteiger charge is -2.10. The Kier molecular flexibility index (Phi) is 4.13. The molecule has 0 fully saturated rings. The van der Waals surface area contributed by atoms with Gasteiger partial charge in [0.15, 0.2) is 11.3 Å². The van der Waals surface area contributed by atoms with Crippen molar-refractivity contribution in [2.75, 3.05) is 0 Å². The zero-order valence-electron chi connectivity index (χ0n) is 17.0. The lowest BCUT2D eigenvalue weighted by atomic mass is 10.2. The SMILES string of the molecule is Cc1cc(-c2nnc3c4ccccc4c(OCc4cccc(-n5ccnc5)n4)nn23)no1. The molecule has 0 aliphatic heterocycles. The van der Waals surface area contributed by atoms with E-state index in [1.807, 2.05) is 60.2 Å². The lowest BCUT2D eigenvalue weighted by molar-refractivity contribution is 0.289. The van der Waals surface area contributed by atoms with Gasteiger partial charge >= 0.3 is 0 Å². The number of aromatic nitrogens is 8. The summed E-state index contributed by atoms with van der Waals surface area (Å²) >= 11 is 0. The van der Waals surface area contributed by atoms with E-state index in [0.29, 0.717) is 28.8 Å². The summed E-state index contributed by atoms with van der Waals surface area (Å²) in [6.07, 6.45) is 5.26. The van der Waals surface area contributed by atoms with Crippen molar-refractivity contribution in [3.63, 3.8) is 0 Å². The summed E-state index contributed by atoms with van der Waals surface area (Å²) in [5, 5.41) is 19.0. The normalized spacial score (nSPS) is 11.4. The van der Waals surface area contributed by atoms with Crippen LogP contribution < -0.4 is 4.74 Å². The van der Waals surface area contributed by atoms with Gasteiger partial charge < -0.3 is 9.26 Å². The van der Waals surface area contributed by atoms with Crippen LogP contribution in [-0.2, 0) is 6.61 Å². The molecule has 5 heterocycles. The molecule has 32 heavy (non-hydrogen) atoms. The maximum Gasteiger partial charge on any atom is 0.240 e. The first kappa shape index (κ1) is 18.2. The van der Waals surface area contributed by atoms with Crippen LogP contribution in [0, 0.1) is 6.92 Å². The number of hydrogen-bond donors (Lipinski definition) is 0. The molecule has 0 saturated heterocycles. The van der Waals surface area contributed by atoms with Gasteiger partial charge in [-0.15, -0.1) is 15.3 Å². The fourth-order valence-electron chi connectivity index (χ4n) is 3.52. The zero-order chi connectivity index (χ0) is 21.5. The van der Waals surface area contributed by atoms with Crippen molar-refractivity contribution in [1.82, 2.24) is 39.5 Å². The molecule has 6 aromatic rings. The van der Waals surface area contributed by atoms with Crippen LogP contribution in [0.4, 0.5) is 0 Å². The van der Waals surface area contributed by atoms with Gasteiger partial charge in [-0.25, -0.2) is 9.97 Å². The van der Waals surface area contributed by atoms with Gasteiger partial charge in [-0.1, -0.05) is 29.4 Å². The number of fused-ring (bicyclic) bond motifs is 3. The van der Waals surface area contributed by atoms with Gasteiger partial charge in [0, 0.05) is 29.2 Å². The first-order valence-electron chi connectivity index (χ1n) is 9.91. The number of ether oxygens (including phenoxy) is 1. The summed E-state index contributed by atoms with van der Waals surface area (Å²) in [6.45, 7) is 2.06. The van der Waals surface area contributed by atoms with Crippen molar-refractivity contribution >= 4 is 16.4 Å². The largest absolute Gasteiger partial charge is 0.470 e.